The third-order valence-electron chi connectivity index (χ3n) is 4.65. The topological polar surface area (TPSA) is 65.1 Å². The van der Waals surface area contributed by atoms with Gasteiger partial charge in [-0.2, -0.15) is 5.10 Å². The highest BCUT2D eigenvalue weighted by molar-refractivity contribution is 5.04. The summed E-state index contributed by atoms with van der Waals surface area (Å²) in [5.41, 5.74) is 1.40. The molecule has 0 N–H and O–H groups in total. The van der Waals surface area contributed by atoms with Crippen LogP contribution in [0.25, 0.3) is 0 Å². The van der Waals surface area contributed by atoms with Crippen molar-refractivity contribution in [2.24, 2.45) is 14.1 Å². The predicted molar refractivity (Wildman–Crippen MR) is 87.3 cm³/mol. The molecule has 124 valence electrons. The van der Waals surface area contributed by atoms with E-state index in [4.69, 9.17) is 0 Å². The number of nitrogens with zero attached hydrogens (tertiary/aromatic N) is 5. The molecule has 7 nitrogen and oxygen atoms in total. The van der Waals surface area contributed by atoms with Crippen molar-refractivity contribution >= 4 is 0 Å². The first-order chi connectivity index (χ1) is 11.0. The van der Waals surface area contributed by atoms with E-state index in [0.717, 1.165) is 41.8 Å². The second-order valence-corrected chi connectivity index (χ2v) is 6.38. The van der Waals surface area contributed by atoms with Crippen molar-refractivity contribution in [3.05, 3.63) is 50.6 Å². The number of rotatable bonds is 4. The highest BCUT2D eigenvalue weighted by Crippen LogP contribution is 2.20. The molecule has 2 aromatic rings. The first kappa shape index (κ1) is 15.7. The van der Waals surface area contributed by atoms with E-state index in [0.29, 0.717) is 12.6 Å². The van der Waals surface area contributed by atoms with E-state index < -0.39 is 0 Å². The van der Waals surface area contributed by atoms with Crippen LogP contribution in [0.1, 0.15) is 24.1 Å². The molecule has 0 spiro atoms. The number of hydrogen-bond donors (Lipinski definition) is 0. The summed E-state index contributed by atoms with van der Waals surface area (Å²) in [4.78, 5) is 26.3. The standard InChI is InChI=1S/C16H23N5O2/c1-12-8-17-21(9-12)11-13-5-4-6-20(13)10-14-7-15(22)19(3)16(23)18(14)2/h7-9,13H,4-6,10-11H2,1-3H3/t13-/m1/s1. The van der Waals surface area contributed by atoms with Gasteiger partial charge in [-0.1, -0.05) is 0 Å². The van der Waals surface area contributed by atoms with Crippen LogP contribution in [0.2, 0.25) is 0 Å². The Morgan fingerprint density at radius 1 is 1.26 bits per heavy atom. The van der Waals surface area contributed by atoms with Crippen molar-refractivity contribution in [3.8, 4) is 0 Å². The van der Waals surface area contributed by atoms with Crippen LogP contribution in [0.4, 0.5) is 0 Å². The highest BCUT2D eigenvalue weighted by atomic mass is 16.2. The maximum atomic E-state index is 12.1. The fraction of sp³-hybridized carbons (Fsp3) is 0.562. The minimum absolute atomic E-state index is 0.249. The normalized spacial score (nSPS) is 18.7. The smallest absolute Gasteiger partial charge is 0.299 e. The lowest BCUT2D eigenvalue weighted by Gasteiger charge is -2.25. The lowest BCUT2D eigenvalue weighted by molar-refractivity contribution is 0.213. The van der Waals surface area contributed by atoms with Crippen LogP contribution >= 0.6 is 0 Å². The van der Waals surface area contributed by atoms with Gasteiger partial charge in [-0.05, 0) is 31.9 Å². The molecule has 0 aliphatic carbocycles. The van der Waals surface area contributed by atoms with Crippen molar-refractivity contribution in [1.82, 2.24) is 23.8 Å². The van der Waals surface area contributed by atoms with Crippen molar-refractivity contribution in [2.75, 3.05) is 6.54 Å². The summed E-state index contributed by atoms with van der Waals surface area (Å²) in [6, 6.07) is 1.95. The molecule has 0 unspecified atom stereocenters. The van der Waals surface area contributed by atoms with Gasteiger partial charge in [0.1, 0.15) is 0 Å². The van der Waals surface area contributed by atoms with E-state index in [-0.39, 0.29) is 11.2 Å². The van der Waals surface area contributed by atoms with Crippen LogP contribution < -0.4 is 11.2 Å². The molecule has 3 heterocycles. The molecular formula is C16H23N5O2. The minimum atomic E-state index is -0.272. The van der Waals surface area contributed by atoms with Crippen molar-refractivity contribution in [2.45, 2.75) is 38.9 Å². The van der Waals surface area contributed by atoms with Gasteiger partial charge < -0.3 is 0 Å². The average molecular weight is 317 g/mol. The van der Waals surface area contributed by atoms with Gasteiger partial charge in [-0.3, -0.25) is 23.5 Å². The molecule has 1 aliphatic rings. The molecule has 0 radical (unpaired) electrons. The Morgan fingerprint density at radius 3 is 2.74 bits per heavy atom. The Bertz CT molecular complexity index is 817. The van der Waals surface area contributed by atoms with E-state index in [2.05, 4.69) is 10.00 Å². The molecular weight excluding hydrogens is 294 g/mol. The summed E-state index contributed by atoms with van der Waals surface area (Å²) >= 11 is 0. The number of aryl methyl sites for hydroxylation is 1. The zero-order valence-corrected chi connectivity index (χ0v) is 13.9. The van der Waals surface area contributed by atoms with Crippen molar-refractivity contribution in [1.29, 1.82) is 0 Å². The van der Waals surface area contributed by atoms with Gasteiger partial charge in [0.05, 0.1) is 12.7 Å². The molecule has 0 amide bonds. The van der Waals surface area contributed by atoms with Crippen LogP contribution in [0.3, 0.4) is 0 Å². The van der Waals surface area contributed by atoms with Crippen LogP contribution in [0.15, 0.2) is 28.0 Å². The molecule has 1 aliphatic heterocycles. The monoisotopic (exact) mass is 317 g/mol. The zero-order chi connectivity index (χ0) is 16.6. The summed E-state index contributed by atoms with van der Waals surface area (Å²) in [5, 5.41) is 4.36. The number of aromatic nitrogens is 4. The molecule has 1 fully saturated rings. The predicted octanol–water partition coefficient (Wildman–Crippen LogP) is 0.254. The summed E-state index contributed by atoms with van der Waals surface area (Å²) in [6.45, 7) is 4.47. The molecule has 2 aromatic heterocycles. The van der Waals surface area contributed by atoms with Gasteiger partial charge in [-0.25, -0.2) is 4.79 Å². The third-order valence-corrected chi connectivity index (χ3v) is 4.65. The molecule has 0 saturated carbocycles. The van der Waals surface area contributed by atoms with Gasteiger partial charge in [0.2, 0.25) is 0 Å². The van der Waals surface area contributed by atoms with Crippen molar-refractivity contribution < 1.29 is 0 Å². The molecule has 1 saturated heterocycles. The van der Waals surface area contributed by atoms with Crippen LogP contribution in [0, 0.1) is 6.92 Å². The molecule has 3 rings (SSSR count). The summed E-state index contributed by atoms with van der Waals surface area (Å²) < 4.78 is 4.67. The van der Waals surface area contributed by atoms with E-state index in [9.17, 15) is 9.59 Å². The average Bonchev–Trinajstić information content (AvgIpc) is 3.12. The molecule has 0 aromatic carbocycles. The molecule has 1 atom stereocenters. The fourth-order valence-corrected chi connectivity index (χ4v) is 3.23. The largest absolute Gasteiger partial charge is 0.330 e. The first-order valence-electron chi connectivity index (χ1n) is 7.95. The Hall–Kier alpha value is -2.15. The second-order valence-electron chi connectivity index (χ2n) is 6.38. The van der Waals surface area contributed by atoms with E-state index in [1.54, 1.807) is 17.7 Å². The second kappa shape index (κ2) is 6.16. The maximum absolute atomic E-state index is 12.1. The summed E-state index contributed by atoms with van der Waals surface area (Å²) in [6.07, 6.45) is 6.15. The lowest BCUT2D eigenvalue weighted by Crippen LogP contribution is -2.40. The van der Waals surface area contributed by atoms with Crippen molar-refractivity contribution in [3.63, 3.8) is 0 Å². The van der Waals surface area contributed by atoms with E-state index in [1.807, 2.05) is 24.0 Å². The van der Waals surface area contributed by atoms with E-state index >= 15 is 0 Å². The number of likely N-dealkylation sites (tertiary alicyclic amines) is 1. The first-order valence-corrected chi connectivity index (χ1v) is 7.95. The van der Waals surface area contributed by atoms with E-state index in [1.165, 1.54) is 7.05 Å². The van der Waals surface area contributed by atoms with Crippen LogP contribution in [-0.2, 0) is 27.2 Å². The Morgan fingerprint density at radius 2 is 2.04 bits per heavy atom. The highest BCUT2D eigenvalue weighted by Gasteiger charge is 2.26. The Balaban J connectivity index is 1.79. The maximum Gasteiger partial charge on any atom is 0.330 e. The zero-order valence-electron chi connectivity index (χ0n) is 13.9. The summed E-state index contributed by atoms with van der Waals surface area (Å²) in [7, 11) is 3.23. The lowest BCUT2D eigenvalue weighted by atomic mass is 10.2. The van der Waals surface area contributed by atoms with Gasteiger partial charge in [0, 0.05) is 44.6 Å². The molecule has 0 bridgehead atoms. The van der Waals surface area contributed by atoms with Crippen LogP contribution in [-0.4, -0.2) is 36.4 Å². The van der Waals surface area contributed by atoms with Gasteiger partial charge >= 0.3 is 5.69 Å². The third kappa shape index (κ3) is 3.14. The SMILES string of the molecule is Cc1cnn(C[C@H]2CCCN2Cc2cc(=O)n(C)c(=O)n2C)c1. The van der Waals surface area contributed by atoms with Gasteiger partial charge in [0.15, 0.2) is 0 Å². The quantitative estimate of drug-likeness (QED) is 0.811. The fourth-order valence-electron chi connectivity index (χ4n) is 3.23. The minimum Gasteiger partial charge on any atom is -0.299 e. The molecule has 23 heavy (non-hydrogen) atoms. The Labute approximate surface area is 134 Å². The Kier molecular flexibility index (Phi) is 4.21. The van der Waals surface area contributed by atoms with Gasteiger partial charge in [0.25, 0.3) is 5.56 Å². The van der Waals surface area contributed by atoms with Gasteiger partial charge in [-0.15, -0.1) is 0 Å². The summed E-state index contributed by atoms with van der Waals surface area (Å²) in [5.74, 6) is 0. The number of hydrogen-bond acceptors (Lipinski definition) is 4. The van der Waals surface area contributed by atoms with Crippen LogP contribution in [0.5, 0.6) is 0 Å². The molecule has 7 heteroatoms.